The molecule has 0 saturated carbocycles. The van der Waals surface area contributed by atoms with Gasteiger partial charge in [0, 0.05) is 32.1 Å². The molecule has 5 nitrogen and oxygen atoms in total. The number of carbonyl (C=O) groups excluding carboxylic acids is 1. The molecule has 22 heavy (non-hydrogen) atoms. The molecule has 1 amide bonds. The van der Waals surface area contributed by atoms with Crippen molar-refractivity contribution in [1.82, 2.24) is 9.21 Å². The number of benzene rings is 1. The number of rotatable bonds is 5. The number of hydrogen-bond acceptors (Lipinski definition) is 3. The third-order valence-corrected chi connectivity index (χ3v) is 6.14. The van der Waals surface area contributed by atoms with Crippen LogP contribution in [-0.4, -0.2) is 49.9 Å². The fraction of sp³-hybridized carbons (Fsp3) is 0.533. The van der Waals surface area contributed by atoms with Gasteiger partial charge in [0.05, 0.1) is 11.8 Å². The lowest BCUT2D eigenvalue weighted by molar-refractivity contribution is -0.131. The molecule has 1 aliphatic heterocycles. The highest BCUT2D eigenvalue weighted by Crippen LogP contribution is 2.35. The molecule has 0 bridgehead atoms. The molecule has 1 unspecified atom stereocenters. The summed E-state index contributed by atoms with van der Waals surface area (Å²) in [5.41, 5.74) is 0.936. The van der Waals surface area contributed by atoms with Crippen LogP contribution < -0.4 is 0 Å². The van der Waals surface area contributed by atoms with Crippen molar-refractivity contribution in [2.24, 2.45) is 0 Å². The number of hydrogen-bond donors (Lipinski definition) is 0. The van der Waals surface area contributed by atoms with Crippen LogP contribution in [0, 0.1) is 0 Å². The lowest BCUT2D eigenvalue weighted by Crippen LogP contribution is -2.34. The van der Waals surface area contributed by atoms with E-state index in [4.69, 9.17) is 11.6 Å². The van der Waals surface area contributed by atoms with E-state index >= 15 is 0 Å². The first-order valence-corrected chi connectivity index (χ1v) is 9.26. The van der Waals surface area contributed by atoms with Gasteiger partial charge < -0.3 is 4.90 Å². The van der Waals surface area contributed by atoms with E-state index in [0.29, 0.717) is 11.6 Å². The first-order valence-electron chi connectivity index (χ1n) is 7.27. The Hall–Kier alpha value is -1.11. The number of nitrogens with zero attached hydrogens (tertiary/aromatic N) is 2. The number of carbonyl (C=O) groups is 1. The Balaban J connectivity index is 2.08. The number of amides is 1. The lowest BCUT2D eigenvalue weighted by Gasteiger charge is -2.26. The Labute approximate surface area is 136 Å². The van der Waals surface area contributed by atoms with Gasteiger partial charge in [-0.2, -0.15) is 0 Å². The van der Waals surface area contributed by atoms with Crippen molar-refractivity contribution in [3.8, 4) is 0 Å². The monoisotopic (exact) mass is 344 g/mol. The minimum Gasteiger partial charge on any atom is -0.336 e. The van der Waals surface area contributed by atoms with E-state index in [1.165, 1.54) is 14.1 Å². The standard InChI is InChI=1S/C15H21ClN2O3S/c1-17(2)22(20,21)11-9-15(19)18-10-5-8-14(18)12-6-3-4-7-13(12)16/h3-4,6-7,14H,5,8-11H2,1-2H3. The zero-order chi connectivity index (χ0) is 16.3. The fourth-order valence-corrected chi connectivity index (χ4v) is 3.74. The smallest absolute Gasteiger partial charge is 0.224 e. The van der Waals surface area contributed by atoms with Crippen molar-refractivity contribution < 1.29 is 13.2 Å². The Bertz CT molecular complexity index is 646. The summed E-state index contributed by atoms with van der Waals surface area (Å²) < 4.78 is 24.7. The first-order chi connectivity index (χ1) is 10.3. The van der Waals surface area contributed by atoms with Gasteiger partial charge in [-0.3, -0.25) is 4.79 Å². The van der Waals surface area contributed by atoms with E-state index in [0.717, 1.165) is 22.7 Å². The van der Waals surface area contributed by atoms with Crippen LogP contribution in [0.5, 0.6) is 0 Å². The van der Waals surface area contributed by atoms with Gasteiger partial charge >= 0.3 is 0 Å². The summed E-state index contributed by atoms with van der Waals surface area (Å²) in [5.74, 6) is -0.294. The molecule has 1 heterocycles. The van der Waals surface area contributed by atoms with Gasteiger partial charge in [0.1, 0.15) is 0 Å². The molecule has 122 valence electrons. The van der Waals surface area contributed by atoms with E-state index in [1.807, 2.05) is 24.3 Å². The van der Waals surface area contributed by atoms with Crippen LogP contribution in [-0.2, 0) is 14.8 Å². The van der Waals surface area contributed by atoms with Gasteiger partial charge in [0.15, 0.2) is 0 Å². The Morgan fingerprint density at radius 3 is 2.68 bits per heavy atom. The van der Waals surface area contributed by atoms with Crippen LogP contribution in [0.25, 0.3) is 0 Å². The summed E-state index contributed by atoms with van der Waals surface area (Å²) >= 11 is 6.22. The zero-order valence-corrected chi connectivity index (χ0v) is 14.4. The Morgan fingerprint density at radius 2 is 2.05 bits per heavy atom. The molecule has 0 N–H and O–H groups in total. The SMILES string of the molecule is CN(C)S(=O)(=O)CCC(=O)N1CCCC1c1ccccc1Cl. The third kappa shape index (κ3) is 3.80. The highest BCUT2D eigenvalue weighted by molar-refractivity contribution is 7.89. The molecule has 1 aromatic rings. The van der Waals surface area contributed by atoms with Gasteiger partial charge in [-0.1, -0.05) is 29.8 Å². The summed E-state index contributed by atoms with van der Waals surface area (Å²) in [6.07, 6.45) is 1.76. The maximum Gasteiger partial charge on any atom is 0.224 e. The average Bonchev–Trinajstić information content (AvgIpc) is 2.94. The van der Waals surface area contributed by atoms with E-state index in [2.05, 4.69) is 0 Å². The van der Waals surface area contributed by atoms with Gasteiger partial charge in [-0.25, -0.2) is 12.7 Å². The zero-order valence-electron chi connectivity index (χ0n) is 12.8. The maximum absolute atomic E-state index is 12.4. The van der Waals surface area contributed by atoms with Crippen LogP contribution >= 0.6 is 11.6 Å². The van der Waals surface area contributed by atoms with Crippen LogP contribution in [0.3, 0.4) is 0 Å². The minimum absolute atomic E-state index is 0.00145. The first kappa shape index (κ1) is 17.2. The summed E-state index contributed by atoms with van der Waals surface area (Å²) in [6.45, 7) is 0.650. The maximum atomic E-state index is 12.4. The van der Waals surface area contributed by atoms with Crippen molar-refractivity contribution in [3.63, 3.8) is 0 Å². The molecular weight excluding hydrogens is 324 g/mol. The van der Waals surface area contributed by atoms with Crippen molar-refractivity contribution >= 4 is 27.5 Å². The van der Waals surface area contributed by atoms with Gasteiger partial charge in [0.25, 0.3) is 0 Å². The molecule has 0 radical (unpaired) electrons. The van der Waals surface area contributed by atoms with Gasteiger partial charge in [-0.05, 0) is 24.5 Å². The number of likely N-dealkylation sites (tertiary alicyclic amines) is 1. The van der Waals surface area contributed by atoms with Crippen LogP contribution in [0.1, 0.15) is 30.9 Å². The molecule has 0 spiro atoms. The van der Waals surface area contributed by atoms with Gasteiger partial charge in [0.2, 0.25) is 15.9 Å². The topological polar surface area (TPSA) is 57.7 Å². The molecular formula is C15H21ClN2O3S. The molecule has 1 atom stereocenters. The Morgan fingerprint density at radius 1 is 1.36 bits per heavy atom. The summed E-state index contributed by atoms with van der Waals surface area (Å²) in [7, 11) is -0.404. The van der Waals surface area contributed by atoms with E-state index in [-0.39, 0.29) is 24.1 Å². The quantitative estimate of drug-likeness (QED) is 0.823. The molecule has 1 fully saturated rings. The second-order valence-electron chi connectivity index (χ2n) is 5.62. The lowest BCUT2D eigenvalue weighted by atomic mass is 10.0. The fourth-order valence-electron chi connectivity index (χ4n) is 2.68. The van der Waals surface area contributed by atoms with E-state index < -0.39 is 10.0 Å². The minimum atomic E-state index is -3.35. The summed E-state index contributed by atoms with van der Waals surface area (Å²) in [6, 6.07) is 7.45. The van der Waals surface area contributed by atoms with Crippen LogP contribution in [0.4, 0.5) is 0 Å². The van der Waals surface area contributed by atoms with Crippen LogP contribution in [0.2, 0.25) is 5.02 Å². The highest BCUT2D eigenvalue weighted by Gasteiger charge is 2.31. The average molecular weight is 345 g/mol. The van der Waals surface area contributed by atoms with Crippen molar-refractivity contribution in [2.75, 3.05) is 26.4 Å². The van der Waals surface area contributed by atoms with Crippen molar-refractivity contribution in [3.05, 3.63) is 34.9 Å². The molecule has 0 aliphatic carbocycles. The largest absolute Gasteiger partial charge is 0.336 e. The Kier molecular flexibility index (Phi) is 5.47. The van der Waals surface area contributed by atoms with E-state index in [9.17, 15) is 13.2 Å². The van der Waals surface area contributed by atoms with Crippen molar-refractivity contribution in [1.29, 1.82) is 0 Å². The highest BCUT2D eigenvalue weighted by atomic mass is 35.5. The van der Waals surface area contributed by atoms with Crippen molar-refractivity contribution in [2.45, 2.75) is 25.3 Å². The second-order valence-corrected chi connectivity index (χ2v) is 8.32. The molecule has 1 aromatic carbocycles. The molecule has 7 heteroatoms. The second kappa shape index (κ2) is 6.98. The van der Waals surface area contributed by atoms with E-state index in [1.54, 1.807) is 4.90 Å². The van der Waals surface area contributed by atoms with Crippen LogP contribution in [0.15, 0.2) is 24.3 Å². The summed E-state index contributed by atoms with van der Waals surface area (Å²) in [4.78, 5) is 14.2. The molecule has 2 rings (SSSR count). The predicted octanol–water partition coefficient (Wildman–Crippen LogP) is 2.29. The van der Waals surface area contributed by atoms with Gasteiger partial charge in [-0.15, -0.1) is 0 Å². The summed E-state index contributed by atoms with van der Waals surface area (Å²) in [5, 5.41) is 0.646. The third-order valence-electron chi connectivity index (χ3n) is 3.97. The molecule has 0 aromatic heterocycles. The number of sulfonamides is 1. The molecule has 1 saturated heterocycles. The normalized spacial score (nSPS) is 18.9. The predicted molar refractivity (Wildman–Crippen MR) is 87.2 cm³/mol. The molecule has 1 aliphatic rings. The number of halogens is 1.